The number of hydrogen-bond donors (Lipinski definition) is 1. The van der Waals surface area contributed by atoms with Gasteiger partial charge < -0.3 is 14.8 Å². The minimum absolute atomic E-state index is 0.105. The fraction of sp³-hybridized carbons (Fsp3) is 0.350. The van der Waals surface area contributed by atoms with Gasteiger partial charge in [0.1, 0.15) is 0 Å². The Kier molecular flexibility index (Phi) is 5.32. The lowest BCUT2D eigenvalue weighted by Gasteiger charge is -2.30. The van der Waals surface area contributed by atoms with Crippen LogP contribution in [0.5, 0.6) is 0 Å². The molecule has 136 valence electrons. The number of amides is 1. The van der Waals surface area contributed by atoms with E-state index in [1.54, 1.807) is 20.4 Å². The Labute approximate surface area is 153 Å². The van der Waals surface area contributed by atoms with Crippen molar-refractivity contribution in [1.29, 1.82) is 0 Å². The van der Waals surface area contributed by atoms with E-state index >= 15 is 0 Å². The second-order valence-corrected chi connectivity index (χ2v) is 6.51. The van der Waals surface area contributed by atoms with Crippen LogP contribution in [-0.4, -0.2) is 37.6 Å². The quantitative estimate of drug-likeness (QED) is 0.864. The van der Waals surface area contributed by atoms with Crippen molar-refractivity contribution in [3.05, 3.63) is 65.0 Å². The first-order valence-electron chi connectivity index (χ1n) is 8.48. The maximum absolute atomic E-state index is 12.6. The number of nitrogens with zero attached hydrogens (tertiary/aromatic N) is 2. The van der Waals surface area contributed by atoms with Gasteiger partial charge in [-0.3, -0.25) is 9.78 Å². The summed E-state index contributed by atoms with van der Waals surface area (Å²) in [5, 5.41) is 3.09. The molecule has 1 unspecified atom stereocenters. The lowest BCUT2D eigenvalue weighted by molar-refractivity contribution is -0.123. The summed E-state index contributed by atoms with van der Waals surface area (Å²) in [6, 6.07) is 11.7. The molecule has 1 amide bonds. The van der Waals surface area contributed by atoms with Gasteiger partial charge in [0.05, 0.1) is 43.5 Å². The Hall–Kier alpha value is -2.73. The fourth-order valence-electron chi connectivity index (χ4n) is 3.19. The van der Waals surface area contributed by atoms with Gasteiger partial charge in [0.15, 0.2) is 0 Å². The molecule has 1 aromatic carbocycles. The number of nitrogens with one attached hydrogen (secondary N) is 1. The van der Waals surface area contributed by atoms with Crippen LogP contribution in [0.1, 0.15) is 29.3 Å². The molecule has 1 aromatic heterocycles. The number of carbonyl (C=O) groups is 1. The molecule has 1 N–H and O–H groups in total. The predicted molar refractivity (Wildman–Crippen MR) is 99.0 cm³/mol. The van der Waals surface area contributed by atoms with Crippen molar-refractivity contribution in [2.75, 3.05) is 20.8 Å². The van der Waals surface area contributed by atoms with Gasteiger partial charge in [-0.2, -0.15) is 0 Å². The molecule has 3 rings (SSSR count). The highest BCUT2D eigenvalue weighted by molar-refractivity contribution is 5.97. The van der Waals surface area contributed by atoms with E-state index in [9.17, 15) is 4.79 Å². The van der Waals surface area contributed by atoms with Crippen molar-refractivity contribution in [3.63, 3.8) is 0 Å². The average Bonchev–Trinajstić information content (AvgIpc) is 3.04. The average molecular weight is 353 g/mol. The molecule has 0 saturated carbocycles. The first kappa shape index (κ1) is 18.1. The standard InChI is InChI=1S/C20H23N3O3/c1-20(13-25-2,15-7-5-4-6-8-15)23-18(24)10-16-9-14-11-22-19(26-3)17(14)12-21-16/h4-9,12H,10-11,13H2,1-3H3,(H,23,24). The van der Waals surface area contributed by atoms with Crippen molar-refractivity contribution in [2.24, 2.45) is 4.99 Å². The van der Waals surface area contributed by atoms with E-state index in [1.807, 2.05) is 43.3 Å². The molecule has 1 aliphatic rings. The van der Waals surface area contributed by atoms with Crippen LogP contribution in [0, 0.1) is 0 Å². The summed E-state index contributed by atoms with van der Waals surface area (Å²) >= 11 is 0. The zero-order valence-corrected chi connectivity index (χ0v) is 15.3. The molecular formula is C20H23N3O3. The molecule has 0 spiro atoms. The highest BCUT2D eigenvalue weighted by atomic mass is 16.5. The molecule has 1 atom stereocenters. The van der Waals surface area contributed by atoms with Crippen LogP contribution in [0.15, 0.2) is 47.6 Å². The van der Waals surface area contributed by atoms with E-state index in [1.165, 1.54) is 0 Å². The van der Waals surface area contributed by atoms with Crippen molar-refractivity contribution in [3.8, 4) is 0 Å². The van der Waals surface area contributed by atoms with Gasteiger partial charge in [0.25, 0.3) is 0 Å². The third-order valence-corrected chi connectivity index (χ3v) is 4.46. The Morgan fingerprint density at radius 2 is 2.04 bits per heavy atom. The first-order valence-corrected chi connectivity index (χ1v) is 8.48. The largest absolute Gasteiger partial charge is 0.481 e. The minimum Gasteiger partial charge on any atom is -0.481 e. The normalized spacial score (nSPS) is 15.0. The highest BCUT2D eigenvalue weighted by Gasteiger charge is 2.29. The summed E-state index contributed by atoms with van der Waals surface area (Å²) in [6.45, 7) is 2.89. The second-order valence-electron chi connectivity index (χ2n) is 6.51. The molecule has 6 heteroatoms. The molecule has 0 radical (unpaired) electrons. The first-order chi connectivity index (χ1) is 12.6. The van der Waals surface area contributed by atoms with Gasteiger partial charge >= 0.3 is 0 Å². The maximum atomic E-state index is 12.6. The number of aromatic nitrogens is 1. The Balaban J connectivity index is 1.72. The van der Waals surface area contributed by atoms with E-state index < -0.39 is 5.54 Å². The number of benzene rings is 1. The van der Waals surface area contributed by atoms with Crippen LogP contribution in [0.2, 0.25) is 0 Å². The summed E-state index contributed by atoms with van der Waals surface area (Å²) in [5.74, 6) is 0.493. The summed E-state index contributed by atoms with van der Waals surface area (Å²) < 4.78 is 10.6. The molecule has 2 heterocycles. The van der Waals surface area contributed by atoms with E-state index in [4.69, 9.17) is 9.47 Å². The topological polar surface area (TPSA) is 72.8 Å². The monoisotopic (exact) mass is 353 g/mol. The SMILES string of the molecule is COCC(C)(NC(=O)Cc1cc2c(cn1)C(OC)=NC2)c1ccccc1. The summed E-state index contributed by atoms with van der Waals surface area (Å²) in [5.41, 5.74) is 3.03. The lowest BCUT2D eigenvalue weighted by Crippen LogP contribution is -2.47. The maximum Gasteiger partial charge on any atom is 0.226 e. The molecule has 1 aliphatic heterocycles. The van der Waals surface area contributed by atoms with Crippen LogP contribution < -0.4 is 5.32 Å². The minimum atomic E-state index is -0.601. The van der Waals surface area contributed by atoms with Crippen LogP contribution in [0.25, 0.3) is 0 Å². The summed E-state index contributed by atoms with van der Waals surface area (Å²) in [7, 11) is 3.22. The summed E-state index contributed by atoms with van der Waals surface area (Å²) in [4.78, 5) is 21.3. The molecule has 26 heavy (non-hydrogen) atoms. The zero-order chi connectivity index (χ0) is 18.6. The van der Waals surface area contributed by atoms with Gasteiger partial charge in [-0.1, -0.05) is 30.3 Å². The number of aliphatic imine (C=N–C) groups is 1. The Bertz CT molecular complexity index is 820. The number of carbonyl (C=O) groups excluding carboxylic acids is 1. The predicted octanol–water partition coefficient (Wildman–Crippen LogP) is 2.21. The van der Waals surface area contributed by atoms with Crippen LogP contribution in [0.3, 0.4) is 0 Å². The third-order valence-electron chi connectivity index (χ3n) is 4.46. The van der Waals surface area contributed by atoms with E-state index in [-0.39, 0.29) is 12.3 Å². The molecule has 0 saturated heterocycles. The smallest absolute Gasteiger partial charge is 0.226 e. The van der Waals surface area contributed by atoms with Crippen LogP contribution >= 0.6 is 0 Å². The van der Waals surface area contributed by atoms with Crippen molar-refractivity contribution in [1.82, 2.24) is 10.3 Å². The lowest BCUT2D eigenvalue weighted by atomic mass is 9.92. The highest BCUT2D eigenvalue weighted by Crippen LogP contribution is 2.22. The van der Waals surface area contributed by atoms with Gasteiger partial charge in [-0.15, -0.1) is 0 Å². The molecule has 0 fully saturated rings. The number of rotatable bonds is 6. The number of pyridine rings is 1. The number of ether oxygens (including phenoxy) is 2. The van der Waals surface area contributed by atoms with Gasteiger partial charge in [0, 0.05) is 13.3 Å². The van der Waals surface area contributed by atoms with Crippen molar-refractivity contribution >= 4 is 11.8 Å². The molecule has 0 bridgehead atoms. The molecule has 6 nitrogen and oxygen atoms in total. The second kappa shape index (κ2) is 7.66. The van der Waals surface area contributed by atoms with E-state index in [2.05, 4.69) is 15.3 Å². The van der Waals surface area contributed by atoms with E-state index in [0.29, 0.717) is 24.7 Å². The van der Waals surface area contributed by atoms with Gasteiger partial charge in [-0.05, 0) is 24.1 Å². The number of fused-ring (bicyclic) bond motifs is 1. The van der Waals surface area contributed by atoms with Gasteiger partial charge in [-0.25, -0.2) is 4.99 Å². The Morgan fingerprint density at radius 1 is 1.27 bits per heavy atom. The molecule has 0 aliphatic carbocycles. The fourth-order valence-corrected chi connectivity index (χ4v) is 3.19. The third kappa shape index (κ3) is 3.75. The van der Waals surface area contributed by atoms with Crippen LogP contribution in [0.4, 0.5) is 0 Å². The molecule has 2 aromatic rings. The zero-order valence-electron chi connectivity index (χ0n) is 15.3. The molecular weight excluding hydrogens is 330 g/mol. The summed E-state index contributed by atoms with van der Waals surface area (Å²) in [6.07, 6.45) is 1.92. The van der Waals surface area contributed by atoms with Crippen molar-refractivity contribution in [2.45, 2.75) is 25.4 Å². The Morgan fingerprint density at radius 3 is 2.73 bits per heavy atom. The van der Waals surface area contributed by atoms with Gasteiger partial charge in [0.2, 0.25) is 11.8 Å². The van der Waals surface area contributed by atoms with E-state index in [0.717, 1.165) is 16.7 Å². The number of hydrogen-bond acceptors (Lipinski definition) is 5. The van der Waals surface area contributed by atoms with Crippen LogP contribution in [-0.2, 0) is 32.8 Å². The van der Waals surface area contributed by atoms with Crippen molar-refractivity contribution < 1.29 is 14.3 Å². The number of methoxy groups -OCH3 is 2.